The lowest BCUT2D eigenvalue weighted by Gasteiger charge is -2.14. The van der Waals surface area contributed by atoms with Crippen LogP contribution in [0.5, 0.6) is 11.5 Å². The Balaban J connectivity index is 2.17. The van der Waals surface area contributed by atoms with Crippen molar-refractivity contribution in [2.45, 2.75) is 27.0 Å². The molecular formula is C14H18N2O2S. The molecule has 0 saturated heterocycles. The molecule has 0 bridgehead atoms. The predicted octanol–water partition coefficient (Wildman–Crippen LogP) is 2.89. The van der Waals surface area contributed by atoms with E-state index in [2.05, 4.69) is 4.98 Å². The zero-order valence-electron chi connectivity index (χ0n) is 11.2. The molecule has 0 aliphatic rings. The van der Waals surface area contributed by atoms with Gasteiger partial charge in [-0.3, -0.25) is 0 Å². The third-order valence-corrected chi connectivity index (χ3v) is 3.43. The third-order valence-electron chi connectivity index (χ3n) is 2.61. The van der Waals surface area contributed by atoms with Crippen LogP contribution in [0.1, 0.15) is 23.2 Å². The van der Waals surface area contributed by atoms with Gasteiger partial charge in [-0.25, -0.2) is 4.98 Å². The van der Waals surface area contributed by atoms with Crippen molar-refractivity contribution in [3.63, 3.8) is 0 Å². The molecule has 2 N–H and O–H groups in total. The fourth-order valence-electron chi connectivity index (χ4n) is 1.78. The van der Waals surface area contributed by atoms with Crippen molar-refractivity contribution in [2.24, 2.45) is 5.73 Å². The van der Waals surface area contributed by atoms with E-state index in [1.54, 1.807) is 11.3 Å². The van der Waals surface area contributed by atoms with Crippen molar-refractivity contribution in [1.29, 1.82) is 0 Å². The molecule has 0 aliphatic carbocycles. The Labute approximate surface area is 117 Å². The van der Waals surface area contributed by atoms with Crippen molar-refractivity contribution >= 4 is 11.3 Å². The van der Waals surface area contributed by atoms with E-state index >= 15 is 0 Å². The Kier molecular flexibility index (Phi) is 4.76. The minimum absolute atomic E-state index is 0.423. The summed E-state index contributed by atoms with van der Waals surface area (Å²) in [7, 11) is 0. The van der Waals surface area contributed by atoms with Crippen LogP contribution in [0.2, 0.25) is 0 Å². The van der Waals surface area contributed by atoms with Gasteiger partial charge in [-0.05, 0) is 19.9 Å². The molecule has 102 valence electrons. The number of nitrogens with zero attached hydrogens (tertiary/aromatic N) is 1. The van der Waals surface area contributed by atoms with E-state index < -0.39 is 0 Å². The summed E-state index contributed by atoms with van der Waals surface area (Å²) >= 11 is 1.62. The van der Waals surface area contributed by atoms with Crippen molar-refractivity contribution in [2.75, 3.05) is 6.61 Å². The molecule has 0 fully saturated rings. The van der Waals surface area contributed by atoms with Gasteiger partial charge < -0.3 is 15.2 Å². The summed E-state index contributed by atoms with van der Waals surface area (Å²) in [5.41, 5.74) is 7.61. The van der Waals surface area contributed by atoms with Crippen LogP contribution >= 0.6 is 11.3 Å². The molecule has 2 rings (SSSR count). The van der Waals surface area contributed by atoms with Gasteiger partial charge in [-0.1, -0.05) is 12.1 Å². The number of para-hydroxylation sites is 1. The molecule has 0 saturated carbocycles. The van der Waals surface area contributed by atoms with Gasteiger partial charge in [-0.2, -0.15) is 0 Å². The molecule has 5 heteroatoms. The standard InChI is InChI=1S/C14H18N2O2S/c1-3-17-13-6-4-5-11(7-15)14(13)18-8-12-9-19-10(2)16-12/h4-6,9H,3,7-8,15H2,1-2H3. The molecule has 1 heterocycles. The Bertz CT molecular complexity index is 540. The van der Waals surface area contributed by atoms with Crippen LogP contribution in [0.3, 0.4) is 0 Å². The number of benzene rings is 1. The number of ether oxygens (including phenoxy) is 2. The van der Waals surface area contributed by atoms with Crippen molar-refractivity contribution in [3.05, 3.63) is 39.8 Å². The Morgan fingerprint density at radius 3 is 2.79 bits per heavy atom. The summed E-state index contributed by atoms with van der Waals surface area (Å²) in [5, 5.41) is 3.04. The lowest BCUT2D eigenvalue weighted by Crippen LogP contribution is -2.05. The van der Waals surface area contributed by atoms with Crippen LogP contribution in [-0.2, 0) is 13.2 Å². The van der Waals surface area contributed by atoms with Gasteiger partial charge in [0.1, 0.15) is 6.61 Å². The molecule has 4 nitrogen and oxygen atoms in total. The van der Waals surface area contributed by atoms with Gasteiger partial charge >= 0.3 is 0 Å². The zero-order chi connectivity index (χ0) is 13.7. The van der Waals surface area contributed by atoms with Gasteiger partial charge in [0.05, 0.1) is 17.3 Å². The maximum absolute atomic E-state index is 5.85. The van der Waals surface area contributed by atoms with Gasteiger partial charge in [0.15, 0.2) is 11.5 Å². The fourth-order valence-corrected chi connectivity index (χ4v) is 2.37. The lowest BCUT2D eigenvalue weighted by atomic mass is 10.2. The number of nitrogens with two attached hydrogens (primary N) is 1. The summed E-state index contributed by atoms with van der Waals surface area (Å²) < 4.78 is 11.4. The molecule has 0 unspecified atom stereocenters. The lowest BCUT2D eigenvalue weighted by molar-refractivity contribution is 0.264. The van der Waals surface area contributed by atoms with Crippen LogP contribution in [0.15, 0.2) is 23.6 Å². The molecule has 1 aromatic carbocycles. The highest BCUT2D eigenvalue weighted by Crippen LogP contribution is 2.31. The van der Waals surface area contributed by atoms with Crippen molar-refractivity contribution in [3.8, 4) is 11.5 Å². The summed E-state index contributed by atoms with van der Waals surface area (Å²) in [6, 6.07) is 5.77. The summed E-state index contributed by atoms with van der Waals surface area (Å²) in [6.07, 6.45) is 0. The van der Waals surface area contributed by atoms with Crippen LogP contribution < -0.4 is 15.2 Å². The van der Waals surface area contributed by atoms with Gasteiger partial charge in [0.2, 0.25) is 0 Å². The summed E-state index contributed by atoms with van der Waals surface area (Å²) in [5.74, 6) is 1.45. The zero-order valence-corrected chi connectivity index (χ0v) is 12.0. The highest BCUT2D eigenvalue weighted by atomic mass is 32.1. The van der Waals surface area contributed by atoms with Crippen LogP contribution in [0, 0.1) is 6.92 Å². The molecule has 0 atom stereocenters. The average Bonchev–Trinajstić information content (AvgIpc) is 2.83. The Morgan fingerprint density at radius 2 is 2.16 bits per heavy atom. The van der Waals surface area contributed by atoms with Crippen LogP contribution in [0.4, 0.5) is 0 Å². The van der Waals surface area contributed by atoms with Gasteiger partial charge in [0.25, 0.3) is 0 Å². The van der Waals surface area contributed by atoms with E-state index in [-0.39, 0.29) is 0 Å². The second-order valence-electron chi connectivity index (χ2n) is 4.03. The second kappa shape index (κ2) is 6.54. The Morgan fingerprint density at radius 1 is 1.32 bits per heavy atom. The minimum atomic E-state index is 0.423. The first kappa shape index (κ1) is 13.8. The maximum atomic E-state index is 5.85. The third kappa shape index (κ3) is 3.45. The number of hydrogen-bond donors (Lipinski definition) is 1. The minimum Gasteiger partial charge on any atom is -0.490 e. The predicted molar refractivity (Wildman–Crippen MR) is 76.7 cm³/mol. The van der Waals surface area contributed by atoms with E-state index in [1.165, 1.54) is 0 Å². The molecule has 0 amide bonds. The fraction of sp³-hybridized carbons (Fsp3) is 0.357. The number of hydrogen-bond acceptors (Lipinski definition) is 5. The maximum Gasteiger partial charge on any atom is 0.166 e. The first-order chi connectivity index (χ1) is 9.24. The molecule has 0 aliphatic heterocycles. The second-order valence-corrected chi connectivity index (χ2v) is 5.09. The topological polar surface area (TPSA) is 57.4 Å². The number of aryl methyl sites for hydroxylation is 1. The monoisotopic (exact) mass is 278 g/mol. The molecule has 0 radical (unpaired) electrons. The number of thiazole rings is 1. The molecule has 1 aromatic heterocycles. The van der Waals surface area contributed by atoms with Crippen molar-refractivity contribution < 1.29 is 9.47 Å². The summed E-state index contributed by atoms with van der Waals surface area (Å²) in [4.78, 5) is 4.38. The van der Waals surface area contributed by atoms with E-state index in [0.717, 1.165) is 27.8 Å². The highest BCUT2D eigenvalue weighted by Gasteiger charge is 2.11. The van der Waals surface area contributed by atoms with Crippen LogP contribution in [0.25, 0.3) is 0 Å². The number of rotatable bonds is 6. The van der Waals surface area contributed by atoms with E-state index in [1.807, 2.05) is 37.4 Å². The Hall–Kier alpha value is -1.59. The summed E-state index contributed by atoms with van der Waals surface area (Å²) in [6.45, 7) is 5.38. The van der Waals surface area contributed by atoms with Gasteiger partial charge in [-0.15, -0.1) is 11.3 Å². The van der Waals surface area contributed by atoms with Gasteiger partial charge in [0, 0.05) is 17.5 Å². The average molecular weight is 278 g/mol. The van der Waals surface area contributed by atoms with Crippen LogP contribution in [-0.4, -0.2) is 11.6 Å². The smallest absolute Gasteiger partial charge is 0.166 e. The normalized spacial score (nSPS) is 10.5. The molecule has 2 aromatic rings. The van der Waals surface area contributed by atoms with E-state index in [0.29, 0.717) is 19.8 Å². The van der Waals surface area contributed by atoms with E-state index in [9.17, 15) is 0 Å². The largest absolute Gasteiger partial charge is 0.490 e. The van der Waals surface area contributed by atoms with E-state index in [4.69, 9.17) is 15.2 Å². The number of aromatic nitrogens is 1. The first-order valence-corrected chi connectivity index (χ1v) is 7.11. The highest BCUT2D eigenvalue weighted by molar-refractivity contribution is 7.09. The quantitative estimate of drug-likeness (QED) is 0.882. The first-order valence-electron chi connectivity index (χ1n) is 6.23. The molecule has 19 heavy (non-hydrogen) atoms. The van der Waals surface area contributed by atoms with Crippen molar-refractivity contribution in [1.82, 2.24) is 4.98 Å². The SMILES string of the molecule is CCOc1cccc(CN)c1OCc1csc(C)n1. The molecular weight excluding hydrogens is 260 g/mol. The molecule has 0 spiro atoms.